The van der Waals surface area contributed by atoms with E-state index in [1.807, 2.05) is 6.92 Å². The maximum Gasteiger partial charge on any atom is 0.268 e. The van der Waals surface area contributed by atoms with Crippen LogP contribution in [-0.4, -0.2) is 36.1 Å². The molecule has 6 heteroatoms. The highest BCUT2D eigenvalue weighted by atomic mass is 16.5. The SMILES string of the molecule is CC1CN(Cc2occc2C(=O)NN)C(C)CO1. The van der Waals surface area contributed by atoms with Gasteiger partial charge >= 0.3 is 0 Å². The van der Waals surface area contributed by atoms with E-state index in [9.17, 15) is 4.79 Å². The fourth-order valence-corrected chi connectivity index (χ4v) is 2.12. The lowest BCUT2D eigenvalue weighted by Crippen LogP contribution is -2.46. The predicted molar refractivity (Wildman–Crippen MR) is 65.6 cm³/mol. The highest BCUT2D eigenvalue weighted by Crippen LogP contribution is 2.18. The molecule has 0 saturated carbocycles. The van der Waals surface area contributed by atoms with E-state index in [4.69, 9.17) is 15.0 Å². The first-order valence-corrected chi connectivity index (χ1v) is 6.04. The van der Waals surface area contributed by atoms with Crippen LogP contribution in [0, 0.1) is 0 Å². The van der Waals surface area contributed by atoms with Crippen molar-refractivity contribution in [2.45, 2.75) is 32.5 Å². The lowest BCUT2D eigenvalue weighted by Gasteiger charge is -2.36. The Balaban J connectivity index is 2.09. The molecule has 1 aliphatic heterocycles. The standard InChI is InChI=1S/C12H19N3O3/c1-8-7-18-9(2)5-15(8)6-11-10(3-4-17-11)12(16)14-13/h3-4,8-9H,5-7,13H2,1-2H3,(H,14,16). The van der Waals surface area contributed by atoms with Crippen LogP contribution in [0.1, 0.15) is 30.0 Å². The molecule has 0 bridgehead atoms. The van der Waals surface area contributed by atoms with Gasteiger partial charge in [0.05, 0.1) is 31.1 Å². The van der Waals surface area contributed by atoms with Gasteiger partial charge in [-0.2, -0.15) is 0 Å². The number of amides is 1. The predicted octanol–water partition coefficient (Wildman–Crippen LogP) is 0.492. The fraction of sp³-hybridized carbons (Fsp3) is 0.583. The molecular weight excluding hydrogens is 234 g/mol. The van der Waals surface area contributed by atoms with Crippen molar-refractivity contribution in [3.05, 3.63) is 23.7 Å². The third-order valence-electron chi connectivity index (χ3n) is 3.20. The monoisotopic (exact) mass is 253 g/mol. The second-order valence-corrected chi connectivity index (χ2v) is 4.65. The molecule has 1 amide bonds. The normalized spacial score (nSPS) is 25.1. The Morgan fingerprint density at radius 1 is 1.61 bits per heavy atom. The second-order valence-electron chi connectivity index (χ2n) is 4.65. The number of hydrazine groups is 1. The molecule has 0 spiro atoms. The van der Waals surface area contributed by atoms with Crippen LogP contribution in [0.15, 0.2) is 16.7 Å². The van der Waals surface area contributed by atoms with Crippen molar-refractivity contribution in [1.29, 1.82) is 0 Å². The molecule has 100 valence electrons. The Morgan fingerprint density at radius 3 is 3.11 bits per heavy atom. The van der Waals surface area contributed by atoms with Gasteiger partial charge in [0, 0.05) is 12.6 Å². The first-order valence-electron chi connectivity index (χ1n) is 6.04. The first kappa shape index (κ1) is 13.1. The lowest BCUT2D eigenvalue weighted by atomic mass is 10.1. The third-order valence-corrected chi connectivity index (χ3v) is 3.20. The number of ether oxygens (including phenoxy) is 1. The number of hydrogen-bond acceptors (Lipinski definition) is 5. The van der Waals surface area contributed by atoms with E-state index in [0.29, 0.717) is 30.5 Å². The van der Waals surface area contributed by atoms with E-state index in [0.717, 1.165) is 6.54 Å². The zero-order valence-corrected chi connectivity index (χ0v) is 10.7. The molecule has 1 saturated heterocycles. The van der Waals surface area contributed by atoms with Crippen molar-refractivity contribution in [2.75, 3.05) is 13.2 Å². The van der Waals surface area contributed by atoms with Gasteiger partial charge in [0.25, 0.3) is 5.91 Å². The Kier molecular flexibility index (Phi) is 4.00. The molecule has 18 heavy (non-hydrogen) atoms. The van der Waals surface area contributed by atoms with Gasteiger partial charge in [0.15, 0.2) is 0 Å². The number of hydrogen-bond donors (Lipinski definition) is 2. The van der Waals surface area contributed by atoms with Gasteiger partial charge in [0.1, 0.15) is 5.76 Å². The summed E-state index contributed by atoms with van der Waals surface area (Å²) < 4.78 is 10.9. The summed E-state index contributed by atoms with van der Waals surface area (Å²) in [5.74, 6) is 5.45. The molecule has 0 aliphatic carbocycles. The highest BCUT2D eigenvalue weighted by molar-refractivity contribution is 5.94. The summed E-state index contributed by atoms with van der Waals surface area (Å²) in [5.41, 5.74) is 2.61. The quantitative estimate of drug-likeness (QED) is 0.465. The van der Waals surface area contributed by atoms with E-state index in [-0.39, 0.29) is 12.0 Å². The van der Waals surface area contributed by atoms with Crippen molar-refractivity contribution < 1.29 is 13.9 Å². The van der Waals surface area contributed by atoms with Crippen LogP contribution in [0.2, 0.25) is 0 Å². The Bertz CT molecular complexity index is 418. The minimum Gasteiger partial charge on any atom is -0.467 e. The number of carbonyl (C=O) groups is 1. The summed E-state index contributed by atoms with van der Waals surface area (Å²) in [5, 5.41) is 0. The number of nitrogen functional groups attached to an aromatic ring is 1. The van der Waals surface area contributed by atoms with Crippen LogP contribution in [-0.2, 0) is 11.3 Å². The highest BCUT2D eigenvalue weighted by Gasteiger charge is 2.26. The largest absolute Gasteiger partial charge is 0.467 e. The molecule has 1 aliphatic rings. The van der Waals surface area contributed by atoms with Crippen LogP contribution >= 0.6 is 0 Å². The average molecular weight is 253 g/mol. The van der Waals surface area contributed by atoms with Crippen molar-refractivity contribution in [3.63, 3.8) is 0 Å². The number of nitrogens with two attached hydrogens (primary N) is 1. The zero-order chi connectivity index (χ0) is 13.1. The van der Waals surface area contributed by atoms with Crippen LogP contribution in [0.3, 0.4) is 0 Å². The van der Waals surface area contributed by atoms with Gasteiger partial charge in [-0.1, -0.05) is 0 Å². The average Bonchev–Trinajstić information content (AvgIpc) is 2.81. The molecule has 1 aromatic heterocycles. The zero-order valence-electron chi connectivity index (χ0n) is 10.7. The molecule has 0 radical (unpaired) electrons. The molecule has 1 fully saturated rings. The molecule has 2 unspecified atom stereocenters. The summed E-state index contributed by atoms with van der Waals surface area (Å²) in [4.78, 5) is 13.8. The molecule has 3 N–H and O–H groups in total. The van der Waals surface area contributed by atoms with Crippen molar-refractivity contribution in [3.8, 4) is 0 Å². The number of nitrogens with one attached hydrogen (secondary N) is 1. The van der Waals surface area contributed by atoms with Gasteiger partial charge in [0.2, 0.25) is 0 Å². The summed E-state index contributed by atoms with van der Waals surface area (Å²) in [6.07, 6.45) is 1.71. The molecule has 1 aromatic rings. The van der Waals surface area contributed by atoms with E-state index in [1.54, 1.807) is 6.07 Å². The summed E-state index contributed by atoms with van der Waals surface area (Å²) in [7, 11) is 0. The lowest BCUT2D eigenvalue weighted by molar-refractivity contribution is -0.0546. The van der Waals surface area contributed by atoms with Crippen LogP contribution in [0.5, 0.6) is 0 Å². The number of rotatable bonds is 3. The van der Waals surface area contributed by atoms with Gasteiger partial charge < -0.3 is 9.15 Å². The van der Waals surface area contributed by atoms with E-state index in [1.165, 1.54) is 6.26 Å². The molecule has 0 aromatic carbocycles. The van der Waals surface area contributed by atoms with Gasteiger partial charge in [-0.25, -0.2) is 5.84 Å². The van der Waals surface area contributed by atoms with Crippen LogP contribution < -0.4 is 11.3 Å². The smallest absolute Gasteiger partial charge is 0.268 e. The van der Waals surface area contributed by atoms with E-state index >= 15 is 0 Å². The fourth-order valence-electron chi connectivity index (χ4n) is 2.12. The van der Waals surface area contributed by atoms with Gasteiger partial charge in [-0.05, 0) is 19.9 Å². The van der Waals surface area contributed by atoms with Gasteiger partial charge in [-0.15, -0.1) is 0 Å². The molecule has 2 heterocycles. The van der Waals surface area contributed by atoms with Crippen LogP contribution in [0.25, 0.3) is 0 Å². The maximum absolute atomic E-state index is 11.5. The van der Waals surface area contributed by atoms with E-state index in [2.05, 4.69) is 17.2 Å². The second kappa shape index (κ2) is 5.51. The molecule has 6 nitrogen and oxygen atoms in total. The number of nitrogens with zero attached hydrogens (tertiary/aromatic N) is 1. The van der Waals surface area contributed by atoms with Crippen molar-refractivity contribution in [2.24, 2.45) is 5.84 Å². The van der Waals surface area contributed by atoms with E-state index < -0.39 is 0 Å². The first-order chi connectivity index (χ1) is 8.61. The minimum atomic E-state index is -0.326. The molecule has 2 atom stereocenters. The molecular formula is C12H19N3O3. The summed E-state index contributed by atoms with van der Waals surface area (Å²) in [6.45, 7) is 6.24. The summed E-state index contributed by atoms with van der Waals surface area (Å²) >= 11 is 0. The Morgan fingerprint density at radius 2 is 2.39 bits per heavy atom. The van der Waals surface area contributed by atoms with Gasteiger partial charge in [-0.3, -0.25) is 15.1 Å². The minimum absolute atomic E-state index is 0.197. The third kappa shape index (κ3) is 2.72. The maximum atomic E-state index is 11.5. The Labute approximate surface area is 106 Å². The number of furan rings is 1. The van der Waals surface area contributed by atoms with Crippen molar-refractivity contribution in [1.82, 2.24) is 10.3 Å². The molecule has 2 rings (SSSR count). The Hall–Kier alpha value is -1.37. The van der Waals surface area contributed by atoms with Crippen LogP contribution in [0.4, 0.5) is 0 Å². The number of morpholine rings is 1. The number of carbonyl (C=O) groups excluding carboxylic acids is 1. The van der Waals surface area contributed by atoms with Crippen molar-refractivity contribution >= 4 is 5.91 Å². The topological polar surface area (TPSA) is 80.7 Å². The summed E-state index contributed by atoms with van der Waals surface area (Å²) in [6, 6.07) is 1.94.